The maximum absolute atomic E-state index is 12.8. The van der Waals surface area contributed by atoms with Crippen molar-refractivity contribution < 1.29 is 28.6 Å². The highest BCUT2D eigenvalue weighted by molar-refractivity contribution is 5.85. The molecule has 8 heteroatoms. The van der Waals surface area contributed by atoms with Crippen LogP contribution in [0.1, 0.15) is 111 Å². The van der Waals surface area contributed by atoms with Crippen LogP contribution in [0.4, 0.5) is 4.79 Å². The van der Waals surface area contributed by atoms with Crippen LogP contribution in [0.15, 0.2) is 0 Å². The van der Waals surface area contributed by atoms with Crippen LogP contribution in [0.3, 0.4) is 0 Å². The van der Waals surface area contributed by atoms with Gasteiger partial charge >= 0.3 is 12.1 Å². The van der Waals surface area contributed by atoms with Crippen LogP contribution in [0.25, 0.3) is 0 Å². The van der Waals surface area contributed by atoms with Crippen LogP contribution in [0.5, 0.6) is 0 Å². The molecule has 0 aliphatic carbocycles. The third-order valence-corrected chi connectivity index (χ3v) is 5.95. The molecule has 0 aromatic rings. The summed E-state index contributed by atoms with van der Waals surface area (Å²) in [4.78, 5) is 36.3. The van der Waals surface area contributed by atoms with Crippen molar-refractivity contribution >= 4 is 18.0 Å². The standard InChI is InChI=1S/C26H48N2O6/c1-5-6-7-8-9-10-11-12-13-14-15-17-33-26(31)28-23(19-20(2)3)24(30)27-22-16-18-32-25(22)34-21(4)29/h20,22-23,25H,5-19H2,1-4H3,(H,27,30)(H,28,31)/t22-,23-,25-/m0/s1. The maximum atomic E-state index is 12.8. The predicted molar refractivity (Wildman–Crippen MR) is 132 cm³/mol. The SMILES string of the molecule is CCCCCCCCCCCCCOC(=O)N[C@@H](CC(C)C)C(=O)N[C@H]1CCO[C@H]1OC(C)=O. The maximum Gasteiger partial charge on any atom is 0.407 e. The summed E-state index contributed by atoms with van der Waals surface area (Å²) in [5.41, 5.74) is 0. The Balaban J connectivity index is 2.24. The van der Waals surface area contributed by atoms with E-state index in [1.165, 1.54) is 58.3 Å². The molecule has 1 fully saturated rings. The number of hydrogen-bond donors (Lipinski definition) is 2. The fourth-order valence-corrected chi connectivity index (χ4v) is 4.08. The van der Waals surface area contributed by atoms with Gasteiger partial charge in [0, 0.05) is 6.92 Å². The number of alkyl carbamates (subject to hydrolysis) is 1. The number of esters is 1. The van der Waals surface area contributed by atoms with E-state index in [9.17, 15) is 14.4 Å². The second-order valence-corrected chi connectivity index (χ2v) is 9.75. The third-order valence-electron chi connectivity index (χ3n) is 5.95. The number of hydrogen-bond acceptors (Lipinski definition) is 6. The third kappa shape index (κ3) is 14.4. The summed E-state index contributed by atoms with van der Waals surface area (Å²) >= 11 is 0. The van der Waals surface area contributed by atoms with E-state index in [0.29, 0.717) is 26.1 Å². The van der Waals surface area contributed by atoms with Crippen LogP contribution >= 0.6 is 0 Å². The monoisotopic (exact) mass is 484 g/mol. The molecule has 3 atom stereocenters. The van der Waals surface area contributed by atoms with Crippen molar-refractivity contribution in [3.63, 3.8) is 0 Å². The summed E-state index contributed by atoms with van der Waals surface area (Å²) in [6.07, 6.45) is 13.2. The molecule has 0 aromatic heterocycles. The first-order valence-corrected chi connectivity index (χ1v) is 13.4. The Morgan fingerprint density at radius 1 is 0.941 bits per heavy atom. The first kappa shape index (κ1) is 30.2. The zero-order valence-electron chi connectivity index (χ0n) is 21.9. The Hall–Kier alpha value is -1.83. The van der Waals surface area contributed by atoms with E-state index in [1.54, 1.807) is 0 Å². The predicted octanol–water partition coefficient (Wildman–Crippen LogP) is 5.23. The molecule has 198 valence electrons. The van der Waals surface area contributed by atoms with Gasteiger partial charge in [0.1, 0.15) is 6.04 Å². The molecule has 1 aliphatic rings. The molecule has 8 nitrogen and oxygen atoms in total. The molecular weight excluding hydrogens is 436 g/mol. The fourth-order valence-electron chi connectivity index (χ4n) is 4.08. The molecule has 1 heterocycles. The van der Waals surface area contributed by atoms with Crippen LogP contribution in [-0.4, -0.2) is 49.6 Å². The van der Waals surface area contributed by atoms with Crippen molar-refractivity contribution in [3.05, 3.63) is 0 Å². The zero-order chi connectivity index (χ0) is 25.2. The van der Waals surface area contributed by atoms with Crippen molar-refractivity contribution in [3.8, 4) is 0 Å². The van der Waals surface area contributed by atoms with Gasteiger partial charge in [-0.1, -0.05) is 85.0 Å². The van der Waals surface area contributed by atoms with Gasteiger partial charge in [-0.05, 0) is 25.2 Å². The molecule has 0 bridgehead atoms. The van der Waals surface area contributed by atoms with Crippen molar-refractivity contribution in [1.82, 2.24) is 10.6 Å². The number of unbranched alkanes of at least 4 members (excludes halogenated alkanes) is 10. The zero-order valence-corrected chi connectivity index (χ0v) is 21.9. The number of carbonyl (C=O) groups excluding carboxylic acids is 3. The van der Waals surface area contributed by atoms with Crippen LogP contribution in [0, 0.1) is 5.92 Å². The number of nitrogens with one attached hydrogen (secondary N) is 2. The van der Waals surface area contributed by atoms with E-state index in [4.69, 9.17) is 14.2 Å². The first-order chi connectivity index (χ1) is 16.3. The van der Waals surface area contributed by atoms with Gasteiger partial charge in [-0.2, -0.15) is 0 Å². The molecule has 0 aromatic carbocycles. The molecule has 1 rings (SSSR count). The molecule has 0 radical (unpaired) electrons. The summed E-state index contributed by atoms with van der Waals surface area (Å²) in [5.74, 6) is -0.589. The topological polar surface area (TPSA) is 103 Å². The first-order valence-electron chi connectivity index (χ1n) is 13.4. The van der Waals surface area contributed by atoms with Crippen LogP contribution < -0.4 is 10.6 Å². The van der Waals surface area contributed by atoms with E-state index in [2.05, 4.69) is 17.6 Å². The van der Waals surface area contributed by atoms with E-state index < -0.39 is 30.4 Å². The van der Waals surface area contributed by atoms with E-state index >= 15 is 0 Å². The van der Waals surface area contributed by atoms with Gasteiger partial charge in [-0.3, -0.25) is 9.59 Å². The average Bonchev–Trinajstić information content (AvgIpc) is 3.19. The number of amides is 2. The summed E-state index contributed by atoms with van der Waals surface area (Å²) in [5, 5.41) is 5.54. The minimum atomic E-state index is -0.797. The Morgan fingerprint density at radius 3 is 2.09 bits per heavy atom. The lowest BCUT2D eigenvalue weighted by molar-refractivity contribution is -0.170. The summed E-state index contributed by atoms with van der Waals surface area (Å²) in [6.45, 7) is 8.26. The van der Waals surface area contributed by atoms with Crippen molar-refractivity contribution in [2.75, 3.05) is 13.2 Å². The highest BCUT2D eigenvalue weighted by Crippen LogP contribution is 2.16. The Labute approximate surface area is 206 Å². The van der Waals surface area contributed by atoms with Gasteiger partial charge in [-0.15, -0.1) is 0 Å². The Bertz CT molecular complexity index is 584. The lowest BCUT2D eigenvalue weighted by Crippen LogP contribution is -2.52. The highest BCUT2D eigenvalue weighted by atomic mass is 16.7. The smallest absolute Gasteiger partial charge is 0.407 e. The Kier molecular flexibility index (Phi) is 16.4. The lowest BCUT2D eigenvalue weighted by atomic mass is 10.0. The van der Waals surface area contributed by atoms with Gasteiger partial charge in [0.05, 0.1) is 19.3 Å². The molecule has 1 saturated heterocycles. The van der Waals surface area contributed by atoms with Crippen LogP contribution in [0.2, 0.25) is 0 Å². The largest absolute Gasteiger partial charge is 0.450 e. The Morgan fingerprint density at radius 2 is 1.53 bits per heavy atom. The molecule has 0 unspecified atom stereocenters. The quantitative estimate of drug-likeness (QED) is 0.204. The molecule has 34 heavy (non-hydrogen) atoms. The molecule has 0 saturated carbocycles. The minimum Gasteiger partial charge on any atom is -0.450 e. The lowest BCUT2D eigenvalue weighted by Gasteiger charge is -2.24. The molecule has 2 N–H and O–H groups in total. The molecular formula is C26H48N2O6. The van der Waals surface area contributed by atoms with Gasteiger partial charge in [-0.25, -0.2) is 4.79 Å². The molecule has 1 aliphatic heterocycles. The van der Waals surface area contributed by atoms with Gasteiger partial charge in [0.15, 0.2) is 0 Å². The number of ether oxygens (including phenoxy) is 3. The normalized spacial score (nSPS) is 18.5. The number of rotatable bonds is 18. The molecule has 2 amide bonds. The number of carbonyl (C=O) groups is 3. The van der Waals surface area contributed by atoms with Crippen molar-refractivity contribution in [2.24, 2.45) is 5.92 Å². The van der Waals surface area contributed by atoms with E-state index in [1.807, 2.05) is 13.8 Å². The average molecular weight is 485 g/mol. The van der Waals surface area contributed by atoms with Crippen molar-refractivity contribution in [1.29, 1.82) is 0 Å². The van der Waals surface area contributed by atoms with E-state index in [-0.39, 0.29) is 11.8 Å². The van der Waals surface area contributed by atoms with E-state index in [0.717, 1.165) is 19.3 Å². The second kappa shape index (κ2) is 18.5. The van der Waals surface area contributed by atoms with Gasteiger partial charge in [0.25, 0.3) is 0 Å². The second-order valence-electron chi connectivity index (χ2n) is 9.75. The fraction of sp³-hybridized carbons (Fsp3) is 0.885. The van der Waals surface area contributed by atoms with Crippen LogP contribution in [-0.2, 0) is 23.8 Å². The summed E-state index contributed by atoms with van der Waals surface area (Å²) < 4.78 is 15.8. The summed E-state index contributed by atoms with van der Waals surface area (Å²) in [7, 11) is 0. The van der Waals surface area contributed by atoms with Crippen molar-refractivity contribution in [2.45, 2.75) is 130 Å². The minimum absolute atomic E-state index is 0.201. The highest BCUT2D eigenvalue weighted by Gasteiger charge is 2.34. The summed E-state index contributed by atoms with van der Waals surface area (Å²) in [6, 6.07) is -1.15. The van der Waals surface area contributed by atoms with Gasteiger partial charge < -0.3 is 24.8 Å². The van der Waals surface area contributed by atoms with Gasteiger partial charge in [0.2, 0.25) is 12.2 Å². The molecule has 0 spiro atoms.